The van der Waals surface area contributed by atoms with Gasteiger partial charge < -0.3 is 5.11 Å². The van der Waals surface area contributed by atoms with Crippen molar-refractivity contribution in [1.29, 1.82) is 0 Å². The molecule has 0 spiro atoms. The summed E-state index contributed by atoms with van der Waals surface area (Å²) in [6.07, 6.45) is -0.0631. The van der Waals surface area contributed by atoms with E-state index >= 15 is 0 Å². The Morgan fingerprint density at radius 2 is 1.74 bits per heavy atom. The minimum absolute atomic E-state index is 0.0631. The number of nitrogens with one attached hydrogen (secondary N) is 1. The van der Waals surface area contributed by atoms with Crippen LogP contribution in [0, 0.1) is 27.7 Å². The lowest BCUT2D eigenvalue weighted by Crippen LogP contribution is -2.03. The molecule has 0 bridgehead atoms. The molecule has 0 aliphatic rings. The molecular weight excluding hydrogens is 240 g/mol. The molecule has 0 saturated carbocycles. The Labute approximate surface area is 112 Å². The number of aromatic nitrogens is 2. The molecule has 1 aromatic heterocycles. The monoisotopic (exact) mass is 258 g/mol. The van der Waals surface area contributed by atoms with Gasteiger partial charge in [0.2, 0.25) is 0 Å². The first-order chi connectivity index (χ1) is 8.90. The normalized spacial score (nSPS) is 10.7. The zero-order valence-electron chi connectivity index (χ0n) is 11.7. The second kappa shape index (κ2) is 4.88. The van der Waals surface area contributed by atoms with Crippen LogP contribution in [0.5, 0.6) is 0 Å². The molecule has 0 unspecified atom stereocenters. The number of aryl methyl sites for hydroxylation is 4. The number of aromatic amines is 1. The van der Waals surface area contributed by atoms with Crippen molar-refractivity contribution < 1.29 is 9.90 Å². The predicted octanol–water partition coefficient (Wildman–Crippen LogP) is 2.94. The molecule has 4 nitrogen and oxygen atoms in total. The molecule has 4 heteroatoms. The highest BCUT2D eigenvalue weighted by atomic mass is 16.4. The van der Waals surface area contributed by atoms with Gasteiger partial charge in [0.15, 0.2) is 0 Å². The number of hydrogen-bond acceptors (Lipinski definition) is 2. The van der Waals surface area contributed by atoms with Gasteiger partial charge in [-0.3, -0.25) is 9.89 Å². The molecule has 0 saturated heterocycles. The number of aliphatic carboxylic acids is 1. The molecular formula is C15H18N2O2. The standard InChI is InChI=1S/C15H18N2O2/c1-8-5-9(2)14(10(3)6-8)15-11(4)16-17-12(15)7-13(18)19/h5-6H,7H2,1-4H3,(H,16,17)(H,18,19). The van der Waals surface area contributed by atoms with Crippen LogP contribution < -0.4 is 0 Å². The van der Waals surface area contributed by atoms with Gasteiger partial charge in [-0.2, -0.15) is 5.10 Å². The lowest BCUT2D eigenvalue weighted by molar-refractivity contribution is -0.136. The Hall–Kier alpha value is -2.10. The third-order valence-electron chi connectivity index (χ3n) is 3.27. The molecule has 0 aliphatic heterocycles. The van der Waals surface area contributed by atoms with E-state index < -0.39 is 5.97 Å². The molecule has 2 N–H and O–H groups in total. The van der Waals surface area contributed by atoms with E-state index in [1.54, 1.807) is 0 Å². The minimum atomic E-state index is -0.866. The minimum Gasteiger partial charge on any atom is -0.481 e. The summed E-state index contributed by atoms with van der Waals surface area (Å²) in [5, 5.41) is 16.0. The number of carbonyl (C=O) groups is 1. The van der Waals surface area contributed by atoms with Gasteiger partial charge in [-0.25, -0.2) is 0 Å². The van der Waals surface area contributed by atoms with Crippen LogP contribution in [0.15, 0.2) is 12.1 Å². The Morgan fingerprint density at radius 1 is 1.16 bits per heavy atom. The van der Waals surface area contributed by atoms with E-state index in [0.29, 0.717) is 5.69 Å². The second-order valence-electron chi connectivity index (χ2n) is 5.01. The summed E-state index contributed by atoms with van der Waals surface area (Å²) in [5.74, 6) is -0.866. The van der Waals surface area contributed by atoms with Crippen LogP contribution in [0.1, 0.15) is 28.1 Å². The van der Waals surface area contributed by atoms with Crippen molar-refractivity contribution in [2.24, 2.45) is 0 Å². The summed E-state index contributed by atoms with van der Waals surface area (Å²) in [6.45, 7) is 8.08. The lowest BCUT2D eigenvalue weighted by atomic mass is 9.92. The lowest BCUT2D eigenvalue weighted by Gasteiger charge is -2.12. The van der Waals surface area contributed by atoms with Gasteiger partial charge in [0.05, 0.1) is 12.1 Å². The highest BCUT2D eigenvalue weighted by Crippen LogP contribution is 2.32. The van der Waals surface area contributed by atoms with Crippen molar-refractivity contribution >= 4 is 5.97 Å². The van der Waals surface area contributed by atoms with Crippen LogP contribution in [0.2, 0.25) is 0 Å². The van der Waals surface area contributed by atoms with E-state index in [4.69, 9.17) is 5.11 Å². The van der Waals surface area contributed by atoms with Gasteiger partial charge in [0.25, 0.3) is 0 Å². The van der Waals surface area contributed by atoms with Crippen molar-refractivity contribution in [1.82, 2.24) is 10.2 Å². The van der Waals surface area contributed by atoms with Gasteiger partial charge >= 0.3 is 5.97 Å². The first-order valence-corrected chi connectivity index (χ1v) is 6.24. The number of benzene rings is 1. The van der Waals surface area contributed by atoms with Gasteiger partial charge in [-0.15, -0.1) is 0 Å². The number of H-pyrrole nitrogens is 1. The number of rotatable bonds is 3. The van der Waals surface area contributed by atoms with Crippen LogP contribution in [0.3, 0.4) is 0 Å². The summed E-state index contributed by atoms with van der Waals surface area (Å²) in [5.41, 5.74) is 7.03. The van der Waals surface area contributed by atoms with Crippen molar-refractivity contribution in [2.75, 3.05) is 0 Å². The average Bonchev–Trinajstić information content (AvgIpc) is 2.59. The van der Waals surface area contributed by atoms with Crippen LogP contribution in [-0.2, 0) is 11.2 Å². The molecule has 0 atom stereocenters. The highest BCUT2D eigenvalue weighted by Gasteiger charge is 2.18. The topological polar surface area (TPSA) is 66.0 Å². The molecule has 100 valence electrons. The summed E-state index contributed by atoms with van der Waals surface area (Å²) in [4.78, 5) is 10.9. The molecule has 0 amide bonds. The van der Waals surface area contributed by atoms with Crippen LogP contribution in [0.4, 0.5) is 0 Å². The van der Waals surface area contributed by atoms with Crippen LogP contribution in [0.25, 0.3) is 11.1 Å². The maximum atomic E-state index is 10.9. The number of nitrogens with zero attached hydrogens (tertiary/aromatic N) is 1. The van der Waals surface area contributed by atoms with E-state index in [0.717, 1.165) is 27.9 Å². The maximum Gasteiger partial charge on any atom is 0.309 e. The fraction of sp³-hybridized carbons (Fsp3) is 0.333. The first-order valence-electron chi connectivity index (χ1n) is 6.24. The Kier molecular flexibility index (Phi) is 3.42. The molecule has 0 radical (unpaired) electrons. The summed E-state index contributed by atoms with van der Waals surface area (Å²) < 4.78 is 0. The molecule has 2 aromatic rings. The van der Waals surface area contributed by atoms with E-state index in [2.05, 4.69) is 29.3 Å². The van der Waals surface area contributed by atoms with Gasteiger partial charge in [0, 0.05) is 11.3 Å². The Bertz CT molecular complexity index is 619. The SMILES string of the molecule is Cc1cc(C)c(-c2c(CC(=O)O)n[nH]c2C)c(C)c1. The van der Waals surface area contributed by atoms with Crippen molar-refractivity contribution in [3.05, 3.63) is 40.2 Å². The van der Waals surface area contributed by atoms with Crippen molar-refractivity contribution in [2.45, 2.75) is 34.1 Å². The second-order valence-corrected chi connectivity index (χ2v) is 5.01. The molecule has 0 fully saturated rings. The molecule has 19 heavy (non-hydrogen) atoms. The third-order valence-corrected chi connectivity index (χ3v) is 3.27. The predicted molar refractivity (Wildman–Crippen MR) is 74.3 cm³/mol. The van der Waals surface area contributed by atoms with E-state index in [1.807, 2.05) is 20.8 Å². The molecule has 0 aliphatic carbocycles. The maximum absolute atomic E-state index is 10.9. The summed E-state index contributed by atoms with van der Waals surface area (Å²) in [6, 6.07) is 4.22. The zero-order valence-corrected chi connectivity index (χ0v) is 11.7. The van der Waals surface area contributed by atoms with Crippen molar-refractivity contribution in [3.8, 4) is 11.1 Å². The van der Waals surface area contributed by atoms with Gasteiger partial charge in [-0.05, 0) is 44.4 Å². The third kappa shape index (κ3) is 2.52. The fourth-order valence-electron chi connectivity index (χ4n) is 2.66. The van der Waals surface area contributed by atoms with Crippen LogP contribution in [-0.4, -0.2) is 21.3 Å². The molecule has 2 rings (SSSR count). The van der Waals surface area contributed by atoms with E-state index in [-0.39, 0.29) is 6.42 Å². The van der Waals surface area contributed by atoms with Crippen LogP contribution >= 0.6 is 0 Å². The largest absolute Gasteiger partial charge is 0.481 e. The van der Waals surface area contributed by atoms with Gasteiger partial charge in [0.1, 0.15) is 0 Å². The Balaban J connectivity index is 2.65. The summed E-state index contributed by atoms with van der Waals surface area (Å²) >= 11 is 0. The van der Waals surface area contributed by atoms with Crippen molar-refractivity contribution in [3.63, 3.8) is 0 Å². The smallest absolute Gasteiger partial charge is 0.309 e. The first kappa shape index (κ1) is 13.3. The number of hydrogen-bond donors (Lipinski definition) is 2. The average molecular weight is 258 g/mol. The number of carboxylic acid groups (broad SMARTS) is 1. The Morgan fingerprint density at radius 3 is 2.26 bits per heavy atom. The fourth-order valence-corrected chi connectivity index (χ4v) is 2.66. The summed E-state index contributed by atoms with van der Waals surface area (Å²) in [7, 11) is 0. The molecule has 1 aromatic carbocycles. The highest BCUT2D eigenvalue weighted by molar-refractivity contribution is 5.79. The van der Waals surface area contributed by atoms with E-state index in [9.17, 15) is 4.79 Å². The zero-order chi connectivity index (χ0) is 14.2. The number of carboxylic acids is 1. The quantitative estimate of drug-likeness (QED) is 0.889. The van der Waals surface area contributed by atoms with Gasteiger partial charge in [-0.1, -0.05) is 17.7 Å². The van der Waals surface area contributed by atoms with E-state index in [1.165, 1.54) is 5.56 Å². The molecule has 1 heterocycles.